The lowest BCUT2D eigenvalue weighted by atomic mass is 10.0. The average molecular weight is 426 g/mol. The van der Waals surface area contributed by atoms with E-state index < -0.39 is 0 Å². The molecule has 0 aliphatic carbocycles. The molecular formula is C22H31N7O2. The number of benzene rings is 1. The Bertz CT molecular complexity index is 941. The average Bonchev–Trinajstić information content (AvgIpc) is 2.92. The van der Waals surface area contributed by atoms with Crippen molar-refractivity contribution in [3.8, 4) is 5.75 Å². The molecule has 9 nitrogen and oxygen atoms in total. The maximum atomic E-state index is 12.7. The van der Waals surface area contributed by atoms with Gasteiger partial charge in [0.2, 0.25) is 5.95 Å². The van der Waals surface area contributed by atoms with Crippen molar-refractivity contribution in [1.29, 1.82) is 0 Å². The van der Waals surface area contributed by atoms with E-state index in [9.17, 15) is 4.79 Å². The lowest BCUT2D eigenvalue weighted by molar-refractivity contribution is 0.102. The second-order valence-corrected chi connectivity index (χ2v) is 8.41. The number of carbonyl (C=O) groups excluding carboxylic acids is 1. The normalized spacial score (nSPS) is 16.7. The summed E-state index contributed by atoms with van der Waals surface area (Å²) in [6.45, 7) is 4.32. The van der Waals surface area contributed by atoms with Gasteiger partial charge in [-0.25, -0.2) is 4.98 Å². The van der Waals surface area contributed by atoms with Gasteiger partial charge < -0.3 is 30.1 Å². The molecule has 1 aromatic carbocycles. The van der Waals surface area contributed by atoms with Crippen molar-refractivity contribution in [2.45, 2.75) is 18.9 Å². The first-order chi connectivity index (χ1) is 14.9. The van der Waals surface area contributed by atoms with Crippen molar-refractivity contribution in [2.75, 3.05) is 70.0 Å². The number of rotatable bonds is 6. The quantitative estimate of drug-likeness (QED) is 0.729. The van der Waals surface area contributed by atoms with E-state index in [0.29, 0.717) is 34.8 Å². The van der Waals surface area contributed by atoms with E-state index in [-0.39, 0.29) is 5.91 Å². The largest absolute Gasteiger partial charge is 0.497 e. The predicted octanol–water partition coefficient (Wildman–Crippen LogP) is 2.26. The third-order valence-corrected chi connectivity index (χ3v) is 6.03. The van der Waals surface area contributed by atoms with Crippen molar-refractivity contribution in [3.05, 3.63) is 30.0 Å². The first-order valence-corrected chi connectivity index (χ1v) is 10.7. The fourth-order valence-electron chi connectivity index (χ4n) is 4.02. The molecule has 0 bridgehead atoms. The number of likely N-dealkylation sites (tertiary alicyclic amines) is 1. The lowest BCUT2D eigenvalue weighted by Gasteiger charge is -2.37. The number of carbonyl (C=O) groups is 1. The number of ether oxygens (including phenoxy) is 1. The van der Waals surface area contributed by atoms with Gasteiger partial charge in [-0.3, -0.25) is 4.79 Å². The number of aromatic nitrogens is 2. The molecule has 1 fully saturated rings. The number of anilines is 4. The Morgan fingerprint density at radius 2 is 1.94 bits per heavy atom. The van der Waals surface area contributed by atoms with Crippen LogP contribution in [0.1, 0.15) is 23.2 Å². The van der Waals surface area contributed by atoms with Crippen LogP contribution in [0.4, 0.5) is 23.1 Å². The molecule has 9 heteroatoms. The first-order valence-electron chi connectivity index (χ1n) is 10.7. The minimum Gasteiger partial charge on any atom is -0.497 e. The van der Waals surface area contributed by atoms with Crippen LogP contribution >= 0.6 is 0 Å². The second kappa shape index (κ2) is 9.07. The molecular weight excluding hydrogens is 394 g/mol. The smallest absolute Gasteiger partial charge is 0.261 e. The van der Waals surface area contributed by atoms with Gasteiger partial charge >= 0.3 is 0 Å². The zero-order valence-electron chi connectivity index (χ0n) is 18.7. The molecule has 166 valence electrons. The Morgan fingerprint density at radius 3 is 2.65 bits per heavy atom. The predicted molar refractivity (Wildman–Crippen MR) is 123 cm³/mol. The van der Waals surface area contributed by atoms with Gasteiger partial charge in [0.1, 0.15) is 17.1 Å². The Labute approximate surface area is 183 Å². The first kappa shape index (κ1) is 21.3. The number of hydrogen-bond donors (Lipinski definition) is 2. The van der Waals surface area contributed by atoms with Crippen LogP contribution in [0, 0.1) is 0 Å². The van der Waals surface area contributed by atoms with Crippen molar-refractivity contribution in [3.63, 3.8) is 0 Å². The highest BCUT2D eigenvalue weighted by Crippen LogP contribution is 2.34. The van der Waals surface area contributed by atoms with Crippen LogP contribution < -0.4 is 20.3 Å². The van der Waals surface area contributed by atoms with E-state index in [1.54, 1.807) is 19.4 Å². The standard InChI is InChI=1S/C22H31N7O2/c1-27(2)11-12-29-9-7-15(8-10-29)28(3)22-23-14-17-20(26-22)24-18-6-5-16(31-4)13-19(18)25-21(17)30/h5-6,13-15H,7-12H2,1-4H3,(H,25,30)(H,23,24,26). The van der Waals surface area contributed by atoms with E-state index in [1.807, 2.05) is 19.2 Å². The van der Waals surface area contributed by atoms with Gasteiger partial charge in [-0.2, -0.15) is 4.98 Å². The monoisotopic (exact) mass is 425 g/mol. The molecule has 2 aliphatic rings. The van der Waals surface area contributed by atoms with Gasteiger partial charge in [0, 0.05) is 51.5 Å². The zero-order valence-corrected chi connectivity index (χ0v) is 18.7. The van der Waals surface area contributed by atoms with Gasteiger partial charge in [-0.05, 0) is 39.1 Å². The highest BCUT2D eigenvalue weighted by atomic mass is 16.5. The third kappa shape index (κ3) is 4.72. The highest BCUT2D eigenvalue weighted by molar-refractivity contribution is 6.11. The van der Waals surface area contributed by atoms with Crippen LogP contribution in [0.5, 0.6) is 5.75 Å². The Morgan fingerprint density at radius 1 is 1.16 bits per heavy atom. The number of nitrogens with zero attached hydrogens (tertiary/aromatic N) is 5. The van der Waals surface area contributed by atoms with Crippen LogP contribution in [0.2, 0.25) is 0 Å². The van der Waals surface area contributed by atoms with Crippen LogP contribution in [0.3, 0.4) is 0 Å². The van der Waals surface area contributed by atoms with Crippen LogP contribution in [0.15, 0.2) is 24.4 Å². The number of nitrogens with one attached hydrogen (secondary N) is 2. The molecule has 2 aliphatic heterocycles. The van der Waals surface area contributed by atoms with E-state index in [2.05, 4.69) is 44.4 Å². The molecule has 0 atom stereocenters. The number of likely N-dealkylation sites (N-methyl/N-ethyl adjacent to an activating group) is 1. The molecule has 2 aromatic rings. The number of amides is 1. The van der Waals surface area contributed by atoms with Crippen molar-refractivity contribution >= 4 is 29.0 Å². The van der Waals surface area contributed by atoms with Gasteiger partial charge in [0.15, 0.2) is 0 Å². The molecule has 1 aromatic heterocycles. The molecule has 1 amide bonds. The molecule has 1 saturated heterocycles. The fourth-order valence-corrected chi connectivity index (χ4v) is 4.02. The third-order valence-electron chi connectivity index (χ3n) is 6.03. The summed E-state index contributed by atoms with van der Waals surface area (Å²) in [5.74, 6) is 1.58. The summed E-state index contributed by atoms with van der Waals surface area (Å²) in [4.78, 5) is 28.8. The molecule has 3 heterocycles. The number of hydrogen-bond acceptors (Lipinski definition) is 8. The summed E-state index contributed by atoms with van der Waals surface area (Å²) in [6, 6.07) is 5.89. The Balaban J connectivity index is 1.48. The fraction of sp³-hybridized carbons (Fsp3) is 0.500. The minimum atomic E-state index is -0.238. The van der Waals surface area contributed by atoms with Gasteiger partial charge in [-0.1, -0.05) is 0 Å². The second-order valence-electron chi connectivity index (χ2n) is 8.41. The van der Waals surface area contributed by atoms with E-state index in [4.69, 9.17) is 9.72 Å². The summed E-state index contributed by atoms with van der Waals surface area (Å²) in [5.41, 5.74) is 1.85. The van der Waals surface area contributed by atoms with Gasteiger partial charge in [0.25, 0.3) is 5.91 Å². The van der Waals surface area contributed by atoms with Crippen LogP contribution in [-0.4, -0.2) is 86.1 Å². The summed E-state index contributed by atoms with van der Waals surface area (Å²) in [7, 11) is 7.86. The minimum absolute atomic E-state index is 0.238. The van der Waals surface area contributed by atoms with Crippen molar-refractivity contribution in [2.24, 2.45) is 0 Å². The molecule has 0 saturated carbocycles. The maximum Gasteiger partial charge on any atom is 0.261 e. The molecule has 31 heavy (non-hydrogen) atoms. The van der Waals surface area contributed by atoms with E-state index in [1.165, 1.54) is 0 Å². The topological polar surface area (TPSA) is 85.9 Å². The SMILES string of the molecule is COc1ccc2c(c1)NC(=O)c1cnc(N(C)C3CCN(CCN(C)C)CC3)nc1N2. The summed E-state index contributed by atoms with van der Waals surface area (Å²) < 4.78 is 5.27. The Kier molecular flexibility index (Phi) is 6.24. The molecule has 2 N–H and O–H groups in total. The summed E-state index contributed by atoms with van der Waals surface area (Å²) >= 11 is 0. The van der Waals surface area contributed by atoms with Gasteiger partial charge in [0.05, 0.1) is 18.5 Å². The molecule has 0 unspecified atom stereocenters. The van der Waals surface area contributed by atoms with Crippen molar-refractivity contribution in [1.82, 2.24) is 19.8 Å². The highest BCUT2D eigenvalue weighted by Gasteiger charge is 2.26. The lowest BCUT2D eigenvalue weighted by Crippen LogP contribution is -2.45. The summed E-state index contributed by atoms with van der Waals surface area (Å²) in [5, 5.41) is 6.19. The van der Waals surface area contributed by atoms with Crippen LogP contribution in [-0.2, 0) is 0 Å². The molecule has 0 spiro atoms. The van der Waals surface area contributed by atoms with Crippen LogP contribution in [0.25, 0.3) is 0 Å². The number of methoxy groups -OCH3 is 1. The summed E-state index contributed by atoms with van der Waals surface area (Å²) in [6.07, 6.45) is 3.74. The maximum absolute atomic E-state index is 12.7. The number of piperidine rings is 1. The molecule has 4 rings (SSSR count). The number of fused-ring (bicyclic) bond motifs is 2. The van der Waals surface area contributed by atoms with E-state index in [0.717, 1.165) is 44.7 Å². The van der Waals surface area contributed by atoms with Crippen molar-refractivity contribution < 1.29 is 9.53 Å². The molecule has 0 radical (unpaired) electrons. The van der Waals surface area contributed by atoms with Gasteiger partial charge in [-0.15, -0.1) is 0 Å². The zero-order chi connectivity index (χ0) is 22.0. The van der Waals surface area contributed by atoms with E-state index >= 15 is 0 Å². The Hall–Kier alpha value is -2.91.